The standard InChI is InChI=1S/C33H34F4N2O5S/c1-32-17-38-28(14-22(32)13-25-29(30(25)32)31(40)41)44-16-21-12-24(26(15-27(21)34)33(35,36)37)20-4-2-18(3-5-20)19-8-10-39(11-9-19)45(42,43)23-6-7-23/h2-5,12,14-15,19,23,25,29-30H,6-11,13,16-17H2,1H3,(H,40,41)/t25-,29-,30-,32?/m0/s1. The Kier molecular flexibility index (Phi) is 7.20. The largest absolute Gasteiger partial charge is 0.481 e. The molecule has 2 aliphatic heterocycles. The van der Waals surface area contributed by atoms with Gasteiger partial charge in [-0.05, 0) is 84.8 Å². The second-order valence-electron chi connectivity index (χ2n) is 13.3. The predicted molar refractivity (Wildman–Crippen MR) is 158 cm³/mol. The van der Waals surface area contributed by atoms with Crippen molar-refractivity contribution in [3.63, 3.8) is 0 Å². The Bertz CT molecular complexity index is 1710. The van der Waals surface area contributed by atoms with E-state index < -0.39 is 33.5 Å². The van der Waals surface area contributed by atoms with Crippen LogP contribution in [0.4, 0.5) is 17.6 Å². The van der Waals surface area contributed by atoms with E-state index in [1.807, 2.05) is 6.92 Å². The second-order valence-corrected chi connectivity index (χ2v) is 15.5. The van der Waals surface area contributed by atoms with E-state index in [4.69, 9.17) is 4.74 Å². The lowest BCUT2D eigenvalue weighted by Crippen LogP contribution is -2.39. The second kappa shape index (κ2) is 10.7. The molecule has 2 aromatic rings. The van der Waals surface area contributed by atoms with E-state index in [1.165, 1.54) is 6.07 Å². The minimum Gasteiger partial charge on any atom is -0.481 e. The fourth-order valence-corrected chi connectivity index (χ4v) is 9.67. The molecule has 0 aromatic heterocycles. The maximum atomic E-state index is 15.0. The number of nitrogens with zero attached hydrogens (tertiary/aromatic N) is 2. The lowest BCUT2D eigenvalue weighted by atomic mass is 9.77. The van der Waals surface area contributed by atoms with Crippen molar-refractivity contribution in [1.82, 2.24) is 4.31 Å². The van der Waals surface area contributed by atoms with E-state index in [0.29, 0.717) is 57.8 Å². The number of fused-ring (bicyclic) bond motifs is 3. The maximum absolute atomic E-state index is 15.0. The number of carboxylic acid groups (broad SMARTS) is 1. The molecule has 3 saturated carbocycles. The van der Waals surface area contributed by atoms with Crippen LogP contribution in [0.5, 0.6) is 0 Å². The molecule has 4 fully saturated rings. The molecule has 240 valence electrons. The van der Waals surface area contributed by atoms with Gasteiger partial charge < -0.3 is 9.84 Å². The summed E-state index contributed by atoms with van der Waals surface area (Å²) in [5, 5.41) is 9.19. The van der Waals surface area contributed by atoms with Gasteiger partial charge in [-0.1, -0.05) is 36.8 Å². The van der Waals surface area contributed by atoms with Crippen LogP contribution in [0.3, 0.4) is 0 Å². The first kappa shape index (κ1) is 30.4. The van der Waals surface area contributed by atoms with Gasteiger partial charge in [-0.25, -0.2) is 17.1 Å². The third kappa shape index (κ3) is 5.37. The molecule has 12 heteroatoms. The molecule has 0 spiro atoms. The summed E-state index contributed by atoms with van der Waals surface area (Å²) in [4.78, 5) is 16.0. The summed E-state index contributed by atoms with van der Waals surface area (Å²) in [7, 11) is -3.23. The van der Waals surface area contributed by atoms with Gasteiger partial charge in [0.15, 0.2) is 0 Å². The van der Waals surface area contributed by atoms with Gasteiger partial charge >= 0.3 is 12.1 Å². The van der Waals surface area contributed by atoms with Crippen molar-refractivity contribution in [2.75, 3.05) is 19.6 Å². The summed E-state index contributed by atoms with van der Waals surface area (Å²) < 4.78 is 89.6. The zero-order valence-electron chi connectivity index (χ0n) is 24.7. The molecule has 3 aliphatic carbocycles. The number of hydrogen-bond donors (Lipinski definition) is 1. The summed E-state index contributed by atoms with van der Waals surface area (Å²) >= 11 is 0. The molecule has 1 saturated heterocycles. The summed E-state index contributed by atoms with van der Waals surface area (Å²) in [6, 6.07) is 8.42. The van der Waals surface area contributed by atoms with Crippen molar-refractivity contribution in [3.8, 4) is 11.1 Å². The quantitative estimate of drug-likeness (QED) is 0.352. The fourth-order valence-electron chi connectivity index (χ4n) is 7.80. The molecular formula is C33H34F4N2O5S. The smallest absolute Gasteiger partial charge is 0.417 e. The summed E-state index contributed by atoms with van der Waals surface area (Å²) in [6.07, 6.45) is 0.313. The number of alkyl halides is 3. The Hall–Kier alpha value is -3.25. The van der Waals surface area contributed by atoms with Gasteiger partial charge in [0, 0.05) is 24.1 Å². The predicted octanol–water partition coefficient (Wildman–Crippen LogP) is 6.40. The fraction of sp³-hybridized carbons (Fsp3) is 0.515. The van der Waals surface area contributed by atoms with Crippen LogP contribution in [0.1, 0.15) is 61.6 Å². The number of halogens is 4. The molecular weight excluding hydrogens is 612 g/mol. The first-order valence-corrected chi connectivity index (χ1v) is 16.9. The van der Waals surface area contributed by atoms with Crippen molar-refractivity contribution in [1.29, 1.82) is 0 Å². The number of carboxylic acids is 1. The molecule has 2 heterocycles. The highest BCUT2D eigenvalue weighted by Crippen LogP contribution is 2.69. The molecule has 0 radical (unpaired) electrons. The number of rotatable bonds is 7. The Balaban J connectivity index is 1.06. The molecule has 4 atom stereocenters. The third-order valence-electron chi connectivity index (χ3n) is 10.6. The van der Waals surface area contributed by atoms with Gasteiger partial charge in [0.25, 0.3) is 0 Å². The molecule has 2 aromatic carbocycles. The maximum Gasteiger partial charge on any atom is 0.417 e. The van der Waals surface area contributed by atoms with Gasteiger partial charge in [0.05, 0.1) is 23.3 Å². The average molecular weight is 647 g/mol. The van der Waals surface area contributed by atoms with E-state index in [-0.39, 0.29) is 63.5 Å². The van der Waals surface area contributed by atoms with Crippen molar-refractivity contribution in [2.24, 2.45) is 28.2 Å². The molecule has 1 N–H and O–H groups in total. The first-order valence-electron chi connectivity index (χ1n) is 15.4. The van der Waals surface area contributed by atoms with Crippen LogP contribution in [0, 0.1) is 29.0 Å². The van der Waals surface area contributed by atoms with E-state index in [2.05, 4.69) is 4.99 Å². The Morgan fingerprint density at radius 3 is 2.42 bits per heavy atom. The first-order chi connectivity index (χ1) is 21.3. The molecule has 7 rings (SSSR count). The third-order valence-corrected chi connectivity index (χ3v) is 13.0. The molecule has 7 nitrogen and oxygen atoms in total. The SMILES string of the molecule is CC12CN=C(OCc3cc(-c4ccc(C5CCN(S(=O)(=O)C6CC6)CC5)cc4)c(C(F)(F)F)cc3F)C=C1C[C@H]1[C@H](C(=O)O)[C@H]12. The van der Waals surface area contributed by atoms with Crippen molar-refractivity contribution in [2.45, 2.75) is 63.0 Å². The molecule has 45 heavy (non-hydrogen) atoms. The Morgan fingerprint density at radius 2 is 1.80 bits per heavy atom. The van der Waals surface area contributed by atoms with Crippen LogP contribution in [-0.2, 0) is 32.3 Å². The normalized spacial score (nSPS) is 28.6. The lowest BCUT2D eigenvalue weighted by molar-refractivity contribution is -0.140. The number of hydrogen-bond acceptors (Lipinski definition) is 5. The lowest BCUT2D eigenvalue weighted by Gasteiger charge is -2.31. The average Bonchev–Trinajstić information content (AvgIpc) is 3.93. The molecule has 5 aliphatic rings. The summed E-state index contributed by atoms with van der Waals surface area (Å²) in [5.41, 5.74) is 0.617. The highest BCUT2D eigenvalue weighted by molar-refractivity contribution is 7.90. The number of ether oxygens (including phenoxy) is 1. The number of carbonyl (C=O) groups is 1. The van der Waals surface area contributed by atoms with Crippen LogP contribution in [-0.4, -0.2) is 54.6 Å². The van der Waals surface area contributed by atoms with E-state index in [0.717, 1.165) is 11.1 Å². The number of aliphatic imine (C=N–C) groups is 1. The Morgan fingerprint density at radius 1 is 1.11 bits per heavy atom. The van der Waals surface area contributed by atoms with E-state index in [1.54, 1.807) is 34.6 Å². The summed E-state index contributed by atoms with van der Waals surface area (Å²) in [6.45, 7) is 2.89. The van der Waals surface area contributed by atoms with Crippen molar-refractivity contribution < 1.29 is 40.6 Å². The van der Waals surface area contributed by atoms with E-state index >= 15 is 4.39 Å². The van der Waals surface area contributed by atoms with Gasteiger partial charge in [-0.3, -0.25) is 9.79 Å². The van der Waals surface area contributed by atoms with Crippen LogP contribution in [0.25, 0.3) is 11.1 Å². The van der Waals surface area contributed by atoms with Crippen molar-refractivity contribution >= 4 is 21.9 Å². The number of sulfonamides is 1. The number of benzene rings is 2. The Labute approximate surface area is 259 Å². The molecule has 1 unspecified atom stereocenters. The van der Waals surface area contributed by atoms with Crippen LogP contribution in [0.15, 0.2) is 53.0 Å². The zero-order chi connectivity index (χ0) is 31.9. The summed E-state index contributed by atoms with van der Waals surface area (Å²) in [5.74, 6) is -1.72. The van der Waals surface area contributed by atoms with Crippen LogP contribution in [0.2, 0.25) is 0 Å². The topological polar surface area (TPSA) is 96.3 Å². The molecule has 0 amide bonds. The van der Waals surface area contributed by atoms with Crippen LogP contribution < -0.4 is 0 Å². The minimum absolute atomic E-state index is 0.0316. The minimum atomic E-state index is -4.78. The van der Waals surface area contributed by atoms with Gasteiger partial charge in [-0.15, -0.1) is 0 Å². The van der Waals surface area contributed by atoms with Crippen molar-refractivity contribution in [3.05, 3.63) is 70.6 Å². The highest BCUT2D eigenvalue weighted by atomic mass is 32.2. The number of aliphatic carboxylic acids is 1. The highest BCUT2D eigenvalue weighted by Gasteiger charge is 2.68. The van der Waals surface area contributed by atoms with E-state index in [9.17, 15) is 31.5 Å². The number of dihydropyridines is 1. The monoisotopic (exact) mass is 646 g/mol. The van der Waals surface area contributed by atoms with Gasteiger partial charge in [-0.2, -0.15) is 13.2 Å². The molecule has 0 bridgehead atoms. The van der Waals surface area contributed by atoms with Gasteiger partial charge in [0.2, 0.25) is 15.9 Å². The zero-order valence-corrected chi connectivity index (χ0v) is 25.5. The van der Waals surface area contributed by atoms with Gasteiger partial charge in [0.1, 0.15) is 12.4 Å². The number of piperidine rings is 1. The van der Waals surface area contributed by atoms with Crippen LogP contribution >= 0.6 is 0 Å².